The lowest BCUT2D eigenvalue weighted by Gasteiger charge is -2.42. The molecule has 6 nitrogen and oxygen atoms in total. The first-order valence-corrected chi connectivity index (χ1v) is 12.7. The highest BCUT2D eigenvalue weighted by Gasteiger charge is 2.41. The number of benzene rings is 2. The highest BCUT2D eigenvalue weighted by atomic mass is 32.2. The van der Waals surface area contributed by atoms with E-state index in [1.807, 2.05) is 35.2 Å². The molecule has 2 heterocycles. The molecular weight excluding hydrogens is 412 g/mol. The van der Waals surface area contributed by atoms with Crippen molar-refractivity contribution in [2.45, 2.75) is 55.9 Å². The Kier molecular flexibility index (Phi) is 5.48. The predicted octanol–water partition coefficient (Wildman–Crippen LogP) is 3.12. The monoisotopic (exact) mass is 440 g/mol. The maximum absolute atomic E-state index is 13.1. The van der Waals surface area contributed by atoms with Crippen LogP contribution in [0.15, 0.2) is 48.5 Å². The topological polar surface area (TPSA) is 75.7 Å². The van der Waals surface area contributed by atoms with E-state index in [1.54, 1.807) is 0 Å². The summed E-state index contributed by atoms with van der Waals surface area (Å²) in [5.41, 5.74) is 3.16. The number of hydrogen-bond acceptors (Lipinski definition) is 4. The first kappa shape index (κ1) is 20.5. The van der Waals surface area contributed by atoms with Gasteiger partial charge in [0.1, 0.15) is 5.75 Å². The van der Waals surface area contributed by atoms with Gasteiger partial charge >= 0.3 is 0 Å². The minimum absolute atomic E-state index is 0.0227. The van der Waals surface area contributed by atoms with E-state index in [9.17, 15) is 13.2 Å². The summed E-state index contributed by atoms with van der Waals surface area (Å²) in [6, 6.07) is 15.7. The van der Waals surface area contributed by atoms with Crippen molar-refractivity contribution in [3.63, 3.8) is 0 Å². The number of rotatable bonds is 3. The molecule has 2 aliphatic heterocycles. The van der Waals surface area contributed by atoms with Crippen LogP contribution in [0.25, 0.3) is 11.1 Å². The van der Waals surface area contributed by atoms with Gasteiger partial charge in [-0.3, -0.25) is 4.79 Å². The molecule has 0 spiro atoms. The van der Waals surface area contributed by atoms with E-state index in [4.69, 9.17) is 4.74 Å². The maximum Gasteiger partial charge on any atom is 0.226 e. The minimum Gasteiger partial charge on any atom is -0.492 e. The smallest absolute Gasteiger partial charge is 0.226 e. The average Bonchev–Trinajstić information content (AvgIpc) is 3.61. The number of sulfonamides is 1. The predicted molar refractivity (Wildman–Crippen MR) is 119 cm³/mol. The third-order valence-electron chi connectivity index (χ3n) is 6.52. The summed E-state index contributed by atoms with van der Waals surface area (Å²) < 4.78 is 34.3. The molecule has 2 bridgehead atoms. The Labute approximate surface area is 183 Å². The number of carbonyl (C=O) groups excluding carboxylic acids is 1. The Morgan fingerprint density at radius 2 is 1.87 bits per heavy atom. The number of nitrogens with zero attached hydrogens (tertiary/aromatic N) is 1. The minimum atomic E-state index is -3.33. The van der Waals surface area contributed by atoms with E-state index in [2.05, 4.69) is 22.9 Å². The van der Waals surface area contributed by atoms with Gasteiger partial charge in [-0.05, 0) is 49.3 Å². The van der Waals surface area contributed by atoms with Crippen LogP contribution in [0.3, 0.4) is 0 Å². The number of para-hydroxylation sites is 1. The molecule has 2 atom stereocenters. The van der Waals surface area contributed by atoms with Crippen molar-refractivity contribution in [2.75, 3.05) is 13.2 Å². The van der Waals surface area contributed by atoms with Crippen molar-refractivity contribution in [1.82, 2.24) is 9.62 Å². The van der Waals surface area contributed by atoms with Gasteiger partial charge in [0, 0.05) is 18.2 Å². The normalized spacial score (nSPS) is 24.3. The summed E-state index contributed by atoms with van der Waals surface area (Å²) in [5, 5.41) is -0.266. The summed E-state index contributed by atoms with van der Waals surface area (Å²) in [7, 11) is -3.33. The number of fused-ring (bicyclic) bond motifs is 5. The second-order valence-electron chi connectivity index (χ2n) is 8.76. The van der Waals surface area contributed by atoms with Gasteiger partial charge in [0.25, 0.3) is 0 Å². The third kappa shape index (κ3) is 4.34. The molecule has 1 amide bonds. The maximum atomic E-state index is 13.1. The highest BCUT2D eigenvalue weighted by molar-refractivity contribution is 7.90. The molecule has 1 N–H and O–H groups in total. The van der Waals surface area contributed by atoms with Crippen LogP contribution in [0.4, 0.5) is 0 Å². The van der Waals surface area contributed by atoms with Crippen molar-refractivity contribution in [2.24, 2.45) is 0 Å². The molecule has 31 heavy (non-hydrogen) atoms. The van der Waals surface area contributed by atoms with Crippen LogP contribution in [0.1, 0.15) is 37.7 Å². The van der Waals surface area contributed by atoms with Gasteiger partial charge in [-0.1, -0.05) is 42.5 Å². The fraction of sp³-hybridized carbons (Fsp3) is 0.458. The van der Waals surface area contributed by atoms with E-state index in [1.165, 1.54) is 0 Å². The molecule has 164 valence electrons. The molecular formula is C24H28N2O4S. The number of nitrogens with one attached hydrogen (secondary N) is 1. The molecule has 2 aromatic rings. The van der Waals surface area contributed by atoms with Crippen LogP contribution in [0.2, 0.25) is 0 Å². The Bertz CT molecular complexity index is 1080. The average molecular weight is 441 g/mol. The van der Waals surface area contributed by atoms with Crippen LogP contribution >= 0.6 is 0 Å². The molecule has 1 aliphatic carbocycles. The van der Waals surface area contributed by atoms with E-state index >= 15 is 0 Å². The Morgan fingerprint density at radius 1 is 1.03 bits per heavy atom. The number of hydrogen-bond donors (Lipinski definition) is 1. The molecule has 3 aliphatic rings. The largest absolute Gasteiger partial charge is 0.492 e. The molecule has 1 saturated carbocycles. The van der Waals surface area contributed by atoms with Gasteiger partial charge in [0.2, 0.25) is 15.9 Å². The quantitative estimate of drug-likeness (QED) is 0.796. The molecule has 0 unspecified atom stereocenters. The van der Waals surface area contributed by atoms with Crippen molar-refractivity contribution in [1.29, 1.82) is 0 Å². The third-order valence-corrected chi connectivity index (χ3v) is 8.50. The van der Waals surface area contributed by atoms with Crippen LogP contribution in [0, 0.1) is 0 Å². The fourth-order valence-corrected chi connectivity index (χ4v) is 6.42. The molecule has 2 aromatic carbocycles. The van der Waals surface area contributed by atoms with Crippen LogP contribution in [-0.4, -0.2) is 49.7 Å². The lowest BCUT2D eigenvalue weighted by Crippen LogP contribution is -2.58. The number of carbonyl (C=O) groups is 1. The summed E-state index contributed by atoms with van der Waals surface area (Å²) in [4.78, 5) is 15.0. The Balaban J connectivity index is 1.51. The lowest BCUT2D eigenvalue weighted by molar-refractivity contribution is -0.136. The molecule has 0 aromatic heterocycles. The SMILES string of the molecule is O=C1CCOc2ccccc2-c2cccc(c2)C[C@H]2[C@@H](NS(=O)(=O)C3CC3)CCCN12. The molecule has 2 fully saturated rings. The van der Waals surface area contributed by atoms with Gasteiger partial charge in [0.05, 0.1) is 24.3 Å². The number of ether oxygens (including phenoxy) is 1. The zero-order chi connectivity index (χ0) is 21.4. The number of piperidine rings is 1. The Hall–Kier alpha value is -2.38. The molecule has 1 saturated heterocycles. The summed E-state index contributed by atoms with van der Waals surface area (Å²) in [6.07, 6.45) is 3.91. The van der Waals surface area contributed by atoms with E-state index in [0.717, 1.165) is 48.1 Å². The van der Waals surface area contributed by atoms with Crippen molar-refractivity contribution in [3.8, 4) is 16.9 Å². The summed E-state index contributed by atoms with van der Waals surface area (Å²) >= 11 is 0. The van der Waals surface area contributed by atoms with Crippen LogP contribution in [0.5, 0.6) is 5.75 Å². The van der Waals surface area contributed by atoms with Gasteiger partial charge in [-0.25, -0.2) is 13.1 Å². The summed E-state index contributed by atoms with van der Waals surface area (Å²) in [5.74, 6) is 0.799. The van der Waals surface area contributed by atoms with E-state index < -0.39 is 10.0 Å². The second kappa shape index (κ2) is 8.28. The van der Waals surface area contributed by atoms with Crippen molar-refractivity contribution >= 4 is 15.9 Å². The molecule has 7 heteroatoms. The molecule has 0 radical (unpaired) electrons. The fourth-order valence-electron chi connectivity index (χ4n) is 4.77. The number of amides is 1. The zero-order valence-corrected chi connectivity index (χ0v) is 18.3. The first-order chi connectivity index (χ1) is 15.0. The van der Waals surface area contributed by atoms with Gasteiger partial charge in [-0.15, -0.1) is 0 Å². The van der Waals surface area contributed by atoms with Crippen LogP contribution < -0.4 is 9.46 Å². The van der Waals surface area contributed by atoms with E-state index in [0.29, 0.717) is 19.6 Å². The Morgan fingerprint density at radius 3 is 2.71 bits per heavy atom. The summed E-state index contributed by atoms with van der Waals surface area (Å²) in [6.45, 7) is 0.957. The first-order valence-electron chi connectivity index (χ1n) is 11.1. The van der Waals surface area contributed by atoms with Gasteiger partial charge in [0.15, 0.2) is 0 Å². The van der Waals surface area contributed by atoms with Crippen molar-refractivity contribution in [3.05, 3.63) is 54.1 Å². The lowest BCUT2D eigenvalue weighted by atomic mass is 9.90. The van der Waals surface area contributed by atoms with Crippen LogP contribution in [-0.2, 0) is 21.2 Å². The van der Waals surface area contributed by atoms with Gasteiger partial charge in [-0.2, -0.15) is 0 Å². The van der Waals surface area contributed by atoms with E-state index in [-0.39, 0.29) is 29.7 Å². The standard InChI is InChI=1S/C24H28N2O4S/c27-24-12-14-30-23-9-2-1-7-20(23)18-6-3-5-17(15-18)16-22-21(8-4-13-26(22)24)25-31(28,29)19-10-11-19/h1-3,5-7,9,15,19,21-22,25H,4,8,10-14,16H2/t21-,22-/m0/s1. The van der Waals surface area contributed by atoms with Gasteiger partial charge < -0.3 is 9.64 Å². The molecule has 5 rings (SSSR count). The second-order valence-corrected chi connectivity index (χ2v) is 10.8. The highest BCUT2D eigenvalue weighted by Crippen LogP contribution is 2.33. The van der Waals surface area contributed by atoms with Crippen molar-refractivity contribution < 1.29 is 17.9 Å². The zero-order valence-electron chi connectivity index (χ0n) is 17.5.